The summed E-state index contributed by atoms with van der Waals surface area (Å²) in [6, 6.07) is 5.89. The summed E-state index contributed by atoms with van der Waals surface area (Å²) in [5, 5.41) is 2.57. The molecule has 32 heavy (non-hydrogen) atoms. The molecule has 0 saturated heterocycles. The van der Waals surface area contributed by atoms with Crippen LogP contribution in [-0.2, 0) is 11.0 Å². The highest BCUT2D eigenvalue weighted by Gasteiger charge is 2.33. The smallest absolute Gasteiger partial charge is 0.321 e. The molecule has 2 aromatic heterocycles. The maximum Gasteiger partial charge on any atom is 0.417 e. The Morgan fingerprint density at radius 3 is 2.53 bits per heavy atom. The van der Waals surface area contributed by atoms with Crippen molar-refractivity contribution in [3.63, 3.8) is 0 Å². The summed E-state index contributed by atoms with van der Waals surface area (Å²) in [5.41, 5.74) is 1.01. The number of carbonyl (C=O) groups excluding carboxylic acids is 2. The molecule has 0 atom stereocenters. The Morgan fingerprint density at radius 1 is 1.09 bits per heavy atom. The minimum Gasteiger partial charge on any atom is -0.321 e. The van der Waals surface area contributed by atoms with Gasteiger partial charge in [0.1, 0.15) is 11.4 Å². The van der Waals surface area contributed by atoms with E-state index in [0.29, 0.717) is 11.1 Å². The van der Waals surface area contributed by atoms with Gasteiger partial charge in [-0.3, -0.25) is 14.4 Å². The molecule has 0 spiro atoms. The van der Waals surface area contributed by atoms with Crippen molar-refractivity contribution in [3.8, 4) is 0 Å². The van der Waals surface area contributed by atoms with E-state index in [1.807, 2.05) is 0 Å². The Morgan fingerprint density at radius 2 is 1.88 bits per heavy atom. The van der Waals surface area contributed by atoms with Crippen LogP contribution in [0.1, 0.15) is 26.5 Å². The molecule has 0 aliphatic rings. The fourth-order valence-corrected chi connectivity index (χ4v) is 3.16. The number of carbonyl (C=O) groups is 2. The van der Waals surface area contributed by atoms with Crippen LogP contribution in [0.5, 0.6) is 0 Å². The van der Waals surface area contributed by atoms with Crippen molar-refractivity contribution in [3.05, 3.63) is 64.8 Å². The normalized spacial score (nSPS) is 11.2. The first kappa shape index (κ1) is 23.4. The molecular weight excluding hydrogens is 473 g/mol. The molecule has 2 heterocycles. The zero-order valence-corrected chi connectivity index (χ0v) is 17.5. The minimum absolute atomic E-state index is 0.158. The fraction of sp³-hybridized carbons (Fsp3) is 0.111. The zero-order chi connectivity index (χ0) is 23.3. The predicted octanol–water partition coefficient (Wildman–Crippen LogP) is 3.63. The van der Waals surface area contributed by atoms with Gasteiger partial charge < -0.3 is 5.32 Å². The van der Waals surface area contributed by atoms with E-state index in [4.69, 9.17) is 11.6 Å². The van der Waals surface area contributed by atoms with Crippen LogP contribution in [-0.4, -0.2) is 38.9 Å². The highest BCUT2D eigenvalue weighted by Crippen LogP contribution is 2.35. The number of hydrogen-bond acceptors (Lipinski definition) is 8. The van der Waals surface area contributed by atoms with Gasteiger partial charge in [0.2, 0.25) is 5.82 Å². The summed E-state index contributed by atoms with van der Waals surface area (Å²) in [5.74, 6) is -1.58. The number of anilines is 1. The average molecular weight is 485 g/mol. The summed E-state index contributed by atoms with van der Waals surface area (Å²) >= 11 is 6.59. The van der Waals surface area contributed by atoms with Crippen LogP contribution in [0.3, 0.4) is 0 Å². The Balaban J connectivity index is 1.68. The van der Waals surface area contributed by atoms with Crippen molar-refractivity contribution in [1.29, 1.82) is 0 Å². The van der Waals surface area contributed by atoms with Gasteiger partial charge in [0.25, 0.3) is 5.91 Å². The Bertz CT molecular complexity index is 1150. The second kappa shape index (κ2) is 9.89. The number of aromatic nitrogens is 4. The van der Waals surface area contributed by atoms with Crippen LogP contribution in [0.4, 0.5) is 18.9 Å². The first-order valence-corrected chi connectivity index (χ1v) is 9.71. The van der Waals surface area contributed by atoms with Crippen LogP contribution in [0, 0.1) is 0 Å². The second-order valence-electron chi connectivity index (χ2n) is 5.86. The highest BCUT2D eigenvalue weighted by molar-refractivity contribution is 7.99. The van der Waals surface area contributed by atoms with Crippen molar-refractivity contribution in [1.82, 2.24) is 25.4 Å². The molecule has 2 N–H and O–H groups in total. The number of benzene rings is 1. The molecule has 166 valence electrons. The highest BCUT2D eigenvalue weighted by atomic mass is 35.5. The molecule has 9 nitrogen and oxygen atoms in total. The largest absolute Gasteiger partial charge is 0.417 e. The van der Waals surface area contributed by atoms with E-state index in [1.165, 1.54) is 31.5 Å². The van der Waals surface area contributed by atoms with Gasteiger partial charge in [-0.15, -0.1) is 0 Å². The summed E-state index contributed by atoms with van der Waals surface area (Å²) in [6.07, 6.45) is -2.23. The number of hydrogen-bond donors (Lipinski definition) is 2. The molecule has 0 aliphatic heterocycles. The molecule has 0 fully saturated rings. The molecular formula is C18H12ClF3N6O3S. The summed E-state index contributed by atoms with van der Waals surface area (Å²) < 4.78 is 38.9. The van der Waals surface area contributed by atoms with Gasteiger partial charge >= 0.3 is 12.1 Å². The van der Waals surface area contributed by atoms with Gasteiger partial charge in [-0.25, -0.2) is 20.4 Å². The number of rotatable bonds is 6. The molecule has 14 heteroatoms. The average Bonchev–Trinajstić information content (AvgIpc) is 2.75. The van der Waals surface area contributed by atoms with E-state index in [9.17, 15) is 22.8 Å². The summed E-state index contributed by atoms with van der Waals surface area (Å²) in [7, 11) is 1.27. The minimum atomic E-state index is -4.69. The number of amides is 2. The van der Waals surface area contributed by atoms with Gasteiger partial charge in [0, 0.05) is 5.56 Å². The summed E-state index contributed by atoms with van der Waals surface area (Å²) in [6.45, 7) is 0. The van der Waals surface area contributed by atoms with E-state index < -0.39 is 28.6 Å². The van der Waals surface area contributed by atoms with Crippen molar-refractivity contribution >= 4 is 40.9 Å². The first-order valence-electron chi connectivity index (χ1n) is 8.51. The van der Waals surface area contributed by atoms with E-state index in [1.54, 1.807) is 0 Å². The van der Waals surface area contributed by atoms with Crippen molar-refractivity contribution in [2.45, 2.75) is 16.4 Å². The van der Waals surface area contributed by atoms with Crippen molar-refractivity contribution in [2.24, 2.45) is 0 Å². The number of pyridine rings is 1. The van der Waals surface area contributed by atoms with Crippen LogP contribution in [0.25, 0.3) is 0 Å². The summed E-state index contributed by atoms with van der Waals surface area (Å²) in [4.78, 5) is 44.2. The van der Waals surface area contributed by atoms with Crippen LogP contribution in [0.15, 0.2) is 53.0 Å². The second-order valence-corrected chi connectivity index (χ2v) is 7.26. The standard InChI is InChI=1S/C18H12ClF3N6O3S/c1-31-28-16(30)14-24-8-25-17(27-14)32-13-5-3-10(7-23-13)26-15(29)9-2-4-12(19)11(6-9)18(20,21)22/h2-8H,1H3,(H,26,29)(H,28,30). The third kappa shape index (κ3) is 5.90. The lowest BCUT2D eigenvalue weighted by Gasteiger charge is -2.11. The number of nitrogens with zero attached hydrogens (tertiary/aromatic N) is 4. The third-order valence-electron chi connectivity index (χ3n) is 3.67. The lowest BCUT2D eigenvalue weighted by molar-refractivity contribution is -0.137. The quantitative estimate of drug-likeness (QED) is 0.509. The molecule has 0 bridgehead atoms. The Hall–Kier alpha value is -3.29. The molecule has 0 radical (unpaired) electrons. The first-order chi connectivity index (χ1) is 15.2. The number of hydroxylamine groups is 1. The number of alkyl halides is 3. The number of halogens is 4. The molecule has 1 aromatic carbocycles. The van der Waals surface area contributed by atoms with Gasteiger partial charge in [-0.1, -0.05) is 11.6 Å². The monoisotopic (exact) mass is 484 g/mol. The predicted molar refractivity (Wildman–Crippen MR) is 107 cm³/mol. The third-order valence-corrected chi connectivity index (χ3v) is 4.83. The van der Waals surface area contributed by atoms with Gasteiger partial charge in [0.05, 0.1) is 29.6 Å². The molecule has 0 aliphatic carbocycles. The van der Waals surface area contributed by atoms with Crippen LogP contribution < -0.4 is 10.8 Å². The fourth-order valence-electron chi connectivity index (χ4n) is 2.27. The maximum atomic E-state index is 13.0. The molecule has 0 unspecified atom stereocenters. The van der Waals surface area contributed by atoms with Gasteiger partial charge in [-0.2, -0.15) is 18.2 Å². The van der Waals surface area contributed by atoms with E-state index in [-0.39, 0.29) is 22.2 Å². The Labute approximate surface area is 187 Å². The van der Waals surface area contributed by atoms with Gasteiger partial charge in [-0.05, 0) is 42.1 Å². The lowest BCUT2D eigenvalue weighted by atomic mass is 10.1. The van der Waals surface area contributed by atoms with Crippen LogP contribution in [0.2, 0.25) is 5.02 Å². The molecule has 2 amide bonds. The molecule has 0 saturated carbocycles. The zero-order valence-electron chi connectivity index (χ0n) is 16.0. The van der Waals surface area contributed by atoms with Gasteiger partial charge in [0.15, 0.2) is 5.16 Å². The lowest BCUT2D eigenvalue weighted by Crippen LogP contribution is -2.24. The Kier molecular flexibility index (Phi) is 7.22. The van der Waals surface area contributed by atoms with E-state index >= 15 is 0 Å². The van der Waals surface area contributed by atoms with E-state index in [0.717, 1.165) is 24.2 Å². The van der Waals surface area contributed by atoms with Crippen molar-refractivity contribution < 1.29 is 27.6 Å². The number of nitrogens with one attached hydrogen (secondary N) is 2. The molecule has 3 aromatic rings. The van der Waals surface area contributed by atoms with Crippen molar-refractivity contribution in [2.75, 3.05) is 12.4 Å². The van der Waals surface area contributed by atoms with E-state index in [2.05, 4.69) is 35.6 Å². The maximum absolute atomic E-state index is 13.0. The van der Waals surface area contributed by atoms with Crippen LogP contribution >= 0.6 is 23.4 Å². The topological polar surface area (TPSA) is 119 Å². The molecule has 3 rings (SSSR count). The SMILES string of the molecule is CONC(=O)c1ncnc(Sc2ccc(NC(=O)c3ccc(Cl)c(C(F)(F)F)c3)cn2)n1.